The van der Waals surface area contributed by atoms with Crippen molar-refractivity contribution in [3.05, 3.63) is 23.9 Å². The normalized spacial score (nSPS) is 13.4. The standard InChI is InChI=1S/C16H29N3/c1-7-10-17-12-14-9-8-11-18-15(14)19(6)13(2)16(3,4)5/h8-9,11,13,17H,7,10,12H2,1-6H3. The van der Waals surface area contributed by atoms with Gasteiger partial charge in [-0.15, -0.1) is 0 Å². The second-order valence-corrected chi connectivity index (χ2v) is 6.32. The molecular weight excluding hydrogens is 234 g/mol. The molecule has 108 valence electrons. The summed E-state index contributed by atoms with van der Waals surface area (Å²) in [6.07, 6.45) is 3.04. The van der Waals surface area contributed by atoms with Crippen LogP contribution in [0.4, 0.5) is 5.82 Å². The average Bonchev–Trinajstić information content (AvgIpc) is 2.37. The number of anilines is 1. The minimum Gasteiger partial charge on any atom is -0.356 e. The lowest BCUT2D eigenvalue weighted by atomic mass is 9.87. The highest BCUT2D eigenvalue weighted by atomic mass is 15.2. The van der Waals surface area contributed by atoms with Crippen molar-refractivity contribution >= 4 is 5.82 Å². The van der Waals surface area contributed by atoms with E-state index in [2.05, 4.69) is 62.9 Å². The maximum Gasteiger partial charge on any atom is 0.133 e. The number of rotatable bonds is 6. The molecule has 1 unspecified atom stereocenters. The number of nitrogens with one attached hydrogen (secondary N) is 1. The van der Waals surface area contributed by atoms with Crippen LogP contribution in [0.15, 0.2) is 18.3 Å². The molecule has 0 fully saturated rings. The third kappa shape index (κ3) is 4.50. The second kappa shape index (κ2) is 6.90. The van der Waals surface area contributed by atoms with Gasteiger partial charge in [0.1, 0.15) is 5.82 Å². The molecule has 0 amide bonds. The van der Waals surface area contributed by atoms with E-state index in [1.54, 1.807) is 0 Å². The van der Waals surface area contributed by atoms with Crippen LogP contribution >= 0.6 is 0 Å². The molecule has 1 rings (SSSR count). The van der Waals surface area contributed by atoms with Crippen molar-refractivity contribution in [2.45, 2.75) is 53.6 Å². The Morgan fingerprint density at radius 2 is 2.05 bits per heavy atom. The van der Waals surface area contributed by atoms with Crippen LogP contribution in [-0.2, 0) is 6.54 Å². The van der Waals surface area contributed by atoms with Crippen molar-refractivity contribution < 1.29 is 0 Å². The Labute approximate surface area is 118 Å². The lowest BCUT2D eigenvalue weighted by Crippen LogP contribution is -2.40. The Kier molecular flexibility index (Phi) is 5.80. The molecule has 0 bridgehead atoms. The fourth-order valence-electron chi connectivity index (χ4n) is 2.05. The Bertz CT molecular complexity index is 382. The van der Waals surface area contributed by atoms with Crippen LogP contribution < -0.4 is 10.2 Å². The third-order valence-electron chi connectivity index (χ3n) is 3.78. The molecule has 0 spiro atoms. The van der Waals surface area contributed by atoms with Crippen molar-refractivity contribution in [1.29, 1.82) is 0 Å². The summed E-state index contributed by atoms with van der Waals surface area (Å²) in [6, 6.07) is 4.62. The van der Waals surface area contributed by atoms with Crippen molar-refractivity contribution in [2.24, 2.45) is 5.41 Å². The Morgan fingerprint density at radius 1 is 1.37 bits per heavy atom. The number of hydrogen-bond acceptors (Lipinski definition) is 3. The van der Waals surface area contributed by atoms with Crippen LogP contribution in [0.25, 0.3) is 0 Å². The molecule has 0 aliphatic heterocycles. The van der Waals surface area contributed by atoms with Gasteiger partial charge < -0.3 is 10.2 Å². The van der Waals surface area contributed by atoms with Crippen LogP contribution in [0.1, 0.15) is 46.6 Å². The zero-order chi connectivity index (χ0) is 14.5. The zero-order valence-electron chi connectivity index (χ0n) is 13.3. The summed E-state index contributed by atoms with van der Waals surface area (Å²) >= 11 is 0. The Balaban J connectivity index is 2.87. The highest BCUT2D eigenvalue weighted by Crippen LogP contribution is 2.27. The van der Waals surface area contributed by atoms with Crippen molar-refractivity contribution in [2.75, 3.05) is 18.5 Å². The Morgan fingerprint density at radius 3 is 2.63 bits per heavy atom. The summed E-state index contributed by atoms with van der Waals surface area (Å²) in [5.74, 6) is 1.09. The first-order chi connectivity index (χ1) is 8.88. The molecule has 0 aliphatic carbocycles. The minimum absolute atomic E-state index is 0.236. The smallest absolute Gasteiger partial charge is 0.133 e. The highest BCUT2D eigenvalue weighted by molar-refractivity contribution is 5.47. The van der Waals surface area contributed by atoms with Gasteiger partial charge >= 0.3 is 0 Å². The van der Waals surface area contributed by atoms with E-state index in [-0.39, 0.29) is 5.41 Å². The van der Waals surface area contributed by atoms with Crippen LogP contribution in [0.3, 0.4) is 0 Å². The van der Waals surface area contributed by atoms with Crippen molar-refractivity contribution in [1.82, 2.24) is 10.3 Å². The molecule has 1 N–H and O–H groups in total. The van der Waals surface area contributed by atoms with E-state index < -0.39 is 0 Å². The molecular formula is C16H29N3. The SMILES string of the molecule is CCCNCc1cccnc1N(C)C(C)C(C)(C)C. The summed E-state index contributed by atoms with van der Waals surface area (Å²) < 4.78 is 0. The predicted octanol–water partition coefficient (Wildman–Crippen LogP) is 3.45. The summed E-state index contributed by atoms with van der Waals surface area (Å²) in [7, 11) is 2.14. The van der Waals surface area contributed by atoms with Crippen LogP contribution in [0, 0.1) is 5.41 Å². The first-order valence-electron chi connectivity index (χ1n) is 7.25. The number of hydrogen-bond donors (Lipinski definition) is 1. The summed E-state index contributed by atoms with van der Waals surface area (Å²) in [5, 5.41) is 3.46. The molecule has 1 aromatic rings. The van der Waals surface area contributed by atoms with Gasteiger partial charge in [-0.05, 0) is 31.4 Å². The quantitative estimate of drug-likeness (QED) is 0.797. The van der Waals surface area contributed by atoms with E-state index in [0.29, 0.717) is 6.04 Å². The lowest BCUT2D eigenvalue weighted by molar-refractivity contribution is 0.328. The highest BCUT2D eigenvalue weighted by Gasteiger charge is 2.25. The van der Waals surface area contributed by atoms with Crippen LogP contribution in [0.2, 0.25) is 0 Å². The van der Waals surface area contributed by atoms with Crippen LogP contribution in [0.5, 0.6) is 0 Å². The van der Waals surface area contributed by atoms with E-state index in [9.17, 15) is 0 Å². The van der Waals surface area contributed by atoms with Gasteiger partial charge in [0.25, 0.3) is 0 Å². The van der Waals surface area contributed by atoms with E-state index in [1.807, 2.05) is 12.3 Å². The molecule has 0 aromatic carbocycles. The molecule has 0 aliphatic rings. The van der Waals surface area contributed by atoms with E-state index >= 15 is 0 Å². The first-order valence-corrected chi connectivity index (χ1v) is 7.25. The summed E-state index contributed by atoms with van der Waals surface area (Å²) in [5.41, 5.74) is 1.51. The molecule has 0 saturated carbocycles. The fraction of sp³-hybridized carbons (Fsp3) is 0.688. The number of aromatic nitrogens is 1. The third-order valence-corrected chi connectivity index (χ3v) is 3.78. The lowest BCUT2D eigenvalue weighted by Gasteiger charge is -2.37. The van der Waals surface area contributed by atoms with Crippen molar-refractivity contribution in [3.63, 3.8) is 0 Å². The monoisotopic (exact) mass is 263 g/mol. The van der Waals surface area contributed by atoms with Gasteiger partial charge in [-0.3, -0.25) is 0 Å². The fourth-order valence-corrected chi connectivity index (χ4v) is 2.05. The average molecular weight is 263 g/mol. The molecule has 3 nitrogen and oxygen atoms in total. The maximum absolute atomic E-state index is 4.58. The summed E-state index contributed by atoms with van der Waals surface area (Å²) in [6.45, 7) is 13.2. The zero-order valence-corrected chi connectivity index (χ0v) is 13.3. The van der Waals surface area contributed by atoms with Gasteiger partial charge in [-0.2, -0.15) is 0 Å². The molecule has 1 aromatic heterocycles. The number of nitrogens with zero attached hydrogens (tertiary/aromatic N) is 2. The van der Waals surface area contributed by atoms with Gasteiger partial charge in [0.05, 0.1) is 0 Å². The summed E-state index contributed by atoms with van der Waals surface area (Å²) in [4.78, 5) is 6.87. The Hall–Kier alpha value is -1.09. The largest absolute Gasteiger partial charge is 0.356 e. The number of pyridine rings is 1. The van der Waals surface area contributed by atoms with Gasteiger partial charge in [-0.1, -0.05) is 33.8 Å². The van der Waals surface area contributed by atoms with E-state index in [4.69, 9.17) is 0 Å². The molecule has 1 atom stereocenters. The van der Waals surface area contributed by atoms with E-state index in [0.717, 1.165) is 25.3 Å². The molecule has 1 heterocycles. The van der Waals surface area contributed by atoms with Crippen molar-refractivity contribution in [3.8, 4) is 0 Å². The molecule has 3 heteroatoms. The predicted molar refractivity (Wildman–Crippen MR) is 83.6 cm³/mol. The van der Waals surface area contributed by atoms with Crippen LogP contribution in [-0.4, -0.2) is 24.6 Å². The van der Waals surface area contributed by atoms with Gasteiger partial charge in [0.15, 0.2) is 0 Å². The molecule has 0 radical (unpaired) electrons. The second-order valence-electron chi connectivity index (χ2n) is 6.32. The molecule has 19 heavy (non-hydrogen) atoms. The van der Waals surface area contributed by atoms with Gasteiger partial charge in [-0.25, -0.2) is 4.98 Å². The van der Waals surface area contributed by atoms with Gasteiger partial charge in [0.2, 0.25) is 0 Å². The minimum atomic E-state index is 0.236. The maximum atomic E-state index is 4.58. The van der Waals surface area contributed by atoms with Gasteiger partial charge in [0, 0.05) is 31.4 Å². The first kappa shape index (κ1) is 16.0. The topological polar surface area (TPSA) is 28.2 Å². The molecule has 0 saturated heterocycles. The van der Waals surface area contributed by atoms with E-state index in [1.165, 1.54) is 5.56 Å².